The van der Waals surface area contributed by atoms with Crippen LogP contribution in [0.4, 0.5) is 13.2 Å². The van der Waals surface area contributed by atoms with E-state index in [1.807, 2.05) is 50.3 Å². The smallest absolute Gasteiger partial charge is 0.369 e. The monoisotopic (exact) mass is 636 g/mol. The molecule has 0 heterocycles. The molecule has 2 amide bonds. The number of unbranched alkanes of at least 4 members (excludes halogenated alkanes) is 1. The molecule has 5 rings (SSSR count). The topological polar surface area (TPSA) is 72.2 Å². The lowest BCUT2D eigenvalue weighted by molar-refractivity contribution is -0.137. The number of nitrogens with one attached hydrogen (secondary N) is 1. The molecule has 47 heavy (non-hydrogen) atoms. The lowest BCUT2D eigenvalue weighted by atomic mass is 9.73. The molecule has 0 atom stereocenters. The summed E-state index contributed by atoms with van der Waals surface area (Å²) in [6, 6.07) is 27.8. The highest BCUT2D eigenvalue weighted by Gasteiger charge is 2.47. The van der Waals surface area contributed by atoms with Gasteiger partial charge in [-0.3, -0.25) is 9.59 Å². The summed E-state index contributed by atoms with van der Waals surface area (Å²) < 4.78 is 38.2. The molecule has 4 aromatic rings. The number of amides is 2. The summed E-state index contributed by atoms with van der Waals surface area (Å²) in [5, 5.41) is 2.69. The first kappa shape index (κ1) is 34.7. The number of benzene rings is 4. The molecule has 0 bridgehead atoms. The number of carbonyl (C=O) groups is 2. The van der Waals surface area contributed by atoms with Crippen molar-refractivity contribution in [2.45, 2.75) is 51.6 Å². The fraction of sp³-hybridized carbons (Fsp3) is 0.200. The molecular weight excluding hydrogens is 597 g/mol. The van der Waals surface area contributed by atoms with Crippen LogP contribution in [0.15, 0.2) is 133 Å². The van der Waals surface area contributed by atoms with Crippen LogP contribution in [0, 0.1) is 0 Å². The zero-order chi connectivity index (χ0) is 34.2. The molecule has 0 fully saturated rings. The van der Waals surface area contributed by atoms with Gasteiger partial charge in [0.15, 0.2) is 0 Å². The second-order valence-electron chi connectivity index (χ2n) is 11.4. The van der Waals surface area contributed by atoms with Crippen LogP contribution in [0.5, 0.6) is 0 Å². The lowest BCUT2D eigenvalue weighted by Crippen LogP contribution is -2.40. The fourth-order valence-corrected chi connectivity index (χ4v) is 5.78. The molecule has 1 aliphatic carbocycles. The van der Waals surface area contributed by atoms with Crippen LogP contribution in [-0.2, 0) is 16.4 Å². The Morgan fingerprint density at radius 3 is 1.87 bits per heavy atom. The van der Waals surface area contributed by atoms with E-state index in [2.05, 4.69) is 43.1 Å². The Kier molecular flexibility index (Phi) is 11.0. The van der Waals surface area contributed by atoms with Crippen molar-refractivity contribution in [1.82, 2.24) is 5.32 Å². The number of hydrogen-bond donors (Lipinski definition) is 2. The molecule has 0 saturated heterocycles. The average Bonchev–Trinajstić information content (AvgIpc) is 3.37. The van der Waals surface area contributed by atoms with E-state index in [9.17, 15) is 22.8 Å². The predicted molar refractivity (Wildman–Crippen MR) is 183 cm³/mol. The second-order valence-corrected chi connectivity index (χ2v) is 11.4. The third-order valence-corrected chi connectivity index (χ3v) is 8.36. The molecule has 1 aliphatic rings. The fourth-order valence-electron chi connectivity index (χ4n) is 5.78. The second kappa shape index (κ2) is 14.9. The van der Waals surface area contributed by atoms with Crippen molar-refractivity contribution in [2.75, 3.05) is 0 Å². The number of nitrogens with two attached hydrogens (primary N) is 1. The number of allylic oxidation sites excluding steroid dienone is 4. The normalized spacial score (nSPS) is 13.3. The molecule has 0 spiro atoms. The molecule has 4 aromatic carbocycles. The summed E-state index contributed by atoms with van der Waals surface area (Å²) in [5.74, 6) is -0.610. The molecule has 0 unspecified atom stereocenters. The number of primary amides is 1. The Hall–Kier alpha value is -5.17. The van der Waals surface area contributed by atoms with Crippen LogP contribution in [0.1, 0.15) is 67.1 Å². The van der Waals surface area contributed by atoms with Crippen LogP contribution in [0.2, 0.25) is 0 Å². The van der Waals surface area contributed by atoms with Crippen LogP contribution in [0.3, 0.4) is 0 Å². The average molecular weight is 637 g/mol. The zero-order valence-electron chi connectivity index (χ0n) is 26.8. The van der Waals surface area contributed by atoms with Gasteiger partial charge in [0.25, 0.3) is 5.91 Å². The Morgan fingerprint density at radius 2 is 1.36 bits per heavy atom. The van der Waals surface area contributed by atoms with E-state index in [1.54, 1.807) is 30.3 Å². The highest BCUT2D eigenvalue weighted by atomic mass is 19.4. The Morgan fingerprint density at radius 1 is 0.830 bits per heavy atom. The third kappa shape index (κ3) is 7.63. The van der Waals surface area contributed by atoms with Crippen molar-refractivity contribution in [3.63, 3.8) is 0 Å². The van der Waals surface area contributed by atoms with Gasteiger partial charge >= 0.3 is 6.18 Å². The molecular formula is C40H39F3N2O2. The van der Waals surface area contributed by atoms with Crippen molar-refractivity contribution < 1.29 is 22.8 Å². The summed E-state index contributed by atoms with van der Waals surface area (Å²) in [6.45, 7) is 9.76. The summed E-state index contributed by atoms with van der Waals surface area (Å²) in [5.41, 5.74) is 11.8. The van der Waals surface area contributed by atoms with Crippen LogP contribution in [-0.4, -0.2) is 11.8 Å². The van der Waals surface area contributed by atoms with Gasteiger partial charge in [-0.25, -0.2) is 0 Å². The third-order valence-electron chi connectivity index (χ3n) is 8.36. The molecule has 0 aromatic heterocycles. The van der Waals surface area contributed by atoms with E-state index < -0.39 is 17.2 Å². The van der Waals surface area contributed by atoms with Crippen molar-refractivity contribution >= 4 is 11.8 Å². The van der Waals surface area contributed by atoms with Gasteiger partial charge in [0.05, 0.1) is 11.0 Å². The zero-order valence-corrected chi connectivity index (χ0v) is 26.8. The Bertz CT molecular complexity index is 1770. The quantitative estimate of drug-likeness (QED) is 0.180. The summed E-state index contributed by atoms with van der Waals surface area (Å²) in [7, 11) is 0. The standard InChI is InChI=1S/C22H20F3NO.C18H19NO/c1-4-15(2)9-10-16(3)26-21(27)20-8-6-5-7-19(20)17-11-13-18(14-12-17)22(23,24)25;1-2-3-12-18(17(19)20)15-10-6-4-8-13(15)14-9-5-7-11-16(14)18/h4-14H,3H2,1-2H3,(H,26,27);4-11H,2-3,12H2,1H3,(H2,19,20)/b10-9-,15-4-;. The Labute approximate surface area is 274 Å². The van der Waals surface area contributed by atoms with Gasteiger partial charge < -0.3 is 11.1 Å². The van der Waals surface area contributed by atoms with Crippen LogP contribution >= 0.6 is 0 Å². The number of carbonyl (C=O) groups excluding carboxylic acids is 2. The first-order valence-electron chi connectivity index (χ1n) is 15.5. The number of halogens is 3. The number of alkyl halides is 3. The summed E-state index contributed by atoms with van der Waals surface area (Å²) in [4.78, 5) is 25.0. The molecule has 0 saturated carbocycles. The molecule has 4 nitrogen and oxygen atoms in total. The van der Waals surface area contributed by atoms with E-state index in [1.165, 1.54) is 12.1 Å². The largest absolute Gasteiger partial charge is 0.416 e. The number of fused-ring (bicyclic) bond motifs is 3. The van der Waals surface area contributed by atoms with E-state index >= 15 is 0 Å². The van der Waals surface area contributed by atoms with Crippen molar-refractivity contribution in [2.24, 2.45) is 5.73 Å². The maximum Gasteiger partial charge on any atom is 0.416 e. The minimum atomic E-state index is -4.40. The van der Waals surface area contributed by atoms with E-state index in [4.69, 9.17) is 5.73 Å². The van der Waals surface area contributed by atoms with Gasteiger partial charge in [0.2, 0.25) is 5.91 Å². The molecule has 3 N–H and O–H groups in total. The van der Waals surface area contributed by atoms with Gasteiger partial charge in [-0.2, -0.15) is 13.2 Å². The van der Waals surface area contributed by atoms with Crippen molar-refractivity contribution in [1.29, 1.82) is 0 Å². The van der Waals surface area contributed by atoms with E-state index in [-0.39, 0.29) is 11.8 Å². The summed E-state index contributed by atoms with van der Waals surface area (Å²) >= 11 is 0. The highest BCUT2D eigenvalue weighted by molar-refractivity contribution is 6.02. The SMILES string of the molecule is C=C(/C=C\C(C)=C/C)NC(=O)c1ccccc1-c1ccc(C(F)(F)F)cc1.CCCCC1(C(N)=O)c2ccccc2-c2ccccc21. The van der Waals surface area contributed by atoms with Crippen LogP contribution < -0.4 is 11.1 Å². The van der Waals surface area contributed by atoms with Gasteiger partial charge in [-0.1, -0.05) is 123 Å². The first-order valence-corrected chi connectivity index (χ1v) is 15.5. The maximum absolute atomic E-state index is 12.7. The first-order chi connectivity index (χ1) is 22.4. The molecule has 0 radical (unpaired) electrons. The molecule has 7 heteroatoms. The summed E-state index contributed by atoms with van der Waals surface area (Å²) in [6.07, 6.45) is 3.87. The predicted octanol–water partition coefficient (Wildman–Crippen LogP) is 9.77. The molecule has 0 aliphatic heterocycles. The minimum Gasteiger partial charge on any atom is -0.369 e. The van der Waals surface area contributed by atoms with Gasteiger partial charge in [0.1, 0.15) is 0 Å². The van der Waals surface area contributed by atoms with Gasteiger partial charge in [-0.05, 0) is 77.9 Å². The van der Waals surface area contributed by atoms with Gasteiger partial charge in [-0.15, -0.1) is 0 Å². The lowest BCUT2D eigenvalue weighted by Gasteiger charge is -2.28. The number of hydrogen-bond acceptors (Lipinski definition) is 2. The number of rotatable bonds is 9. The maximum atomic E-state index is 12.7. The molecule has 242 valence electrons. The van der Waals surface area contributed by atoms with E-state index in [0.29, 0.717) is 22.4 Å². The Balaban J connectivity index is 0.000000221. The van der Waals surface area contributed by atoms with Crippen molar-refractivity contribution in [3.8, 4) is 22.3 Å². The van der Waals surface area contributed by atoms with E-state index in [0.717, 1.165) is 59.2 Å². The van der Waals surface area contributed by atoms with Gasteiger partial charge in [0, 0.05) is 11.3 Å². The van der Waals surface area contributed by atoms with Crippen LogP contribution in [0.25, 0.3) is 22.3 Å². The highest BCUT2D eigenvalue weighted by Crippen LogP contribution is 2.51. The minimum absolute atomic E-state index is 0.233. The van der Waals surface area contributed by atoms with Crippen molar-refractivity contribution in [3.05, 3.63) is 155 Å².